The first-order valence-electron chi connectivity index (χ1n) is 6.98. The number of carbonyl (C=O) groups is 1. The molecule has 0 aliphatic carbocycles. The van der Waals surface area contributed by atoms with E-state index in [2.05, 4.69) is 10.0 Å². The Balaban J connectivity index is 2.64. The predicted molar refractivity (Wildman–Crippen MR) is 77.0 cm³/mol. The average molecular weight is 300 g/mol. The van der Waals surface area contributed by atoms with Gasteiger partial charge in [0.2, 0.25) is 0 Å². The summed E-state index contributed by atoms with van der Waals surface area (Å²) in [6.45, 7) is 7.13. The van der Waals surface area contributed by atoms with Gasteiger partial charge in [-0.15, -0.1) is 0 Å². The van der Waals surface area contributed by atoms with Crippen molar-refractivity contribution in [3.8, 4) is 0 Å². The van der Waals surface area contributed by atoms with E-state index in [1.807, 2.05) is 20.8 Å². The quantitative estimate of drug-likeness (QED) is 0.337. The Labute approximate surface area is 125 Å². The number of hydrogen-bond acceptors (Lipinski definition) is 5. The van der Waals surface area contributed by atoms with Crippen molar-refractivity contribution < 1.29 is 19.0 Å². The lowest BCUT2D eigenvalue weighted by Gasteiger charge is -2.36. The molecule has 21 heavy (non-hydrogen) atoms. The van der Waals surface area contributed by atoms with Crippen molar-refractivity contribution in [2.24, 2.45) is 5.11 Å². The molecule has 0 N–H and O–H groups in total. The van der Waals surface area contributed by atoms with Crippen LogP contribution in [-0.2, 0) is 14.2 Å². The van der Waals surface area contributed by atoms with Gasteiger partial charge in [0.25, 0.3) is 0 Å². The summed E-state index contributed by atoms with van der Waals surface area (Å²) < 4.78 is 15.9. The van der Waals surface area contributed by atoms with Gasteiger partial charge in [-0.1, -0.05) is 5.11 Å². The first-order chi connectivity index (χ1) is 9.85. The van der Waals surface area contributed by atoms with Crippen LogP contribution in [0.1, 0.15) is 27.2 Å². The van der Waals surface area contributed by atoms with Crippen LogP contribution in [0.4, 0.5) is 4.79 Å². The fourth-order valence-electron chi connectivity index (χ4n) is 2.08. The highest BCUT2D eigenvalue weighted by molar-refractivity contribution is 5.68. The molecule has 1 rings (SSSR count). The van der Waals surface area contributed by atoms with E-state index in [9.17, 15) is 4.79 Å². The smallest absolute Gasteiger partial charge is 0.410 e. The molecule has 0 radical (unpaired) electrons. The zero-order chi connectivity index (χ0) is 15.9. The van der Waals surface area contributed by atoms with E-state index in [4.69, 9.17) is 19.7 Å². The van der Waals surface area contributed by atoms with E-state index in [1.54, 1.807) is 7.11 Å². The molecule has 8 heteroatoms. The van der Waals surface area contributed by atoms with Crippen molar-refractivity contribution in [2.75, 3.05) is 33.4 Å². The summed E-state index contributed by atoms with van der Waals surface area (Å²) in [5.41, 5.74) is 8.03. The molecule has 120 valence electrons. The maximum atomic E-state index is 12.1. The highest BCUT2D eigenvalue weighted by Gasteiger charge is 2.32. The first kappa shape index (κ1) is 17.6. The molecule has 1 amide bonds. The lowest BCUT2D eigenvalue weighted by Crippen LogP contribution is -2.50. The molecule has 0 aromatic heterocycles. The van der Waals surface area contributed by atoms with Crippen LogP contribution < -0.4 is 0 Å². The molecular formula is C13H24N4O4. The number of likely N-dealkylation sites (tertiary alicyclic amines) is 1. The molecule has 0 unspecified atom stereocenters. The molecule has 1 aliphatic heterocycles. The number of piperidine rings is 1. The lowest BCUT2D eigenvalue weighted by molar-refractivity contribution is -0.0358. The van der Waals surface area contributed by atoms with Crippen molar-refractivity contribution in [3.63, 3.8) is 0 Å². The normalized spacial score (nSPS) is 22.6. The van der Waals surface area contributed by atoms with Crippen molar-refractivity contribution in [3.05, 3.63) is 10.4 Å². The first-order valence-corrected chi connectivity index (χ1v) is 6.98. The van der Waals surface area contributed by atoms with Crippen LogP contribution in [0, 0.1) is 0 Å². The zero-order valence-electron chi connectivity index (χ0n) is 13.1. The number of rotatable bonds is 5. The Kier molecular flexibility index (Phi) is 6.74. The minimum absolute atomic E-state index is 0.183. The molecule has 1 aliphatic rings. The zero-order valence-corrected chi connectivity index (χ0v) is 13.1. The van der Waals surface area contributed by atoms with E-state index in [0.717, 1.165) is 0 Å². The topological polar surface area (TPSA) is 96.8 Å². The molecular weight excluding hydrogens is 276 g/mol. The molecule has 1 heterocycles. The van der Waals surface area contributed by atoms with E-state index in [-0.39, 0.29) is 12.1 Å². The Morgan fingerprint density at radius 2 is 2.10 bits per heavy atom. The fourth-order valence-corrected chi connectivity index (χ4v) is 2.08. The van der Waals surface area contributed by atoms with Gasteiger partial charge in [0.05, 0.1) is 31.9 Å². The van der Waals surface area contributed by atoms with Crippen LogP contribution in [0.3, 0.4) is 0 Å². The second-order valence-corrected chi connectivity index (χ2v) is 5.97. The molecule has 0 saturated carbocycles. The summed E-state index contributed by atoms with van der Waals surface area (Å²) in [5.74, 6) is 0. The number of hydrogen-bond donors (Lipinski definition) is 0. The van der Waals surface area contributed by atoms with Gasteiger partial charge < -0.3 is 19.1 Å². The molecule has 2 atom stereocenters. The van der Waals surface area contributed by atoms with Crippen LogP contribution in [0.25, 0.3) is 10.4 Å². The van der Waals surface area contributed by atoms with Crippen LogP contribution in [0.2, 0.25) is 0 Å². The number of ether oxygens (including phenoxy) is 3. The number of amides is 1. The van der Waals surface area contributed by atoms with Gasteiger partial charge in [-0.25, -0.2) is 4.79 Å². The van der Waals surface area contributed by atoms with Gasteiger partial charge in [0, 0.05) is 18.6 Å². The van der Waals surface area contributed by atoms with Gasteiger partial charge in [-0.2, -0.15) is 0 Å². The van der Waals surface area contributed by atoms with E-state index in [1.165, 1.54) is 4.90 Å². The van der Waals surface area contributed by atoms with E-state index >= 15 is 0 Å². The molecule has 8 nitrogen and oxygen atoms in total. The molecule has 0 aromatic rings. The maximum absolute atomic E-state index is 12.1. The molecule has 0 aromatic carbocycles. The third-order valence-corrected chi connectivity index (χ3v) is 2.90. The van der Waals surface area contributed by atoms with Gasteiger partial charge in [0.1, 0.15) is 5.60 Å². The summed E-state index contributed by atoms with van der Waals surface area (Å²) in [6, 6.07) is -0.302. The van der Waals surface area contributed by atoms with Crippen LogP contribution in [0.15, 0.2) is 5.11 Å². The highest BCUT2D eigenvalue weighted by atomic mass is 16.6. The third kappa shape index (κ3) is 6.66. The Bertz CT molecular complexity index is 390. The summed E-state index contributed by atoms with van der Waals surface area (Å²) in [7, 11) is 1.60. The summed E-state index contributed by atoms with van der Waals surface area (Å²) in [5, 5.41) is 3.71. The van der Waals surface area contributed by atoms with Crippen LogP contribution in [0.5, 0.6) is 0 Å². The number of methoxy groups -OCH3 is 1. The lowest BCUT2D eigenvalue weighted by atomic mass is 10.0. The fraction of sp³-hybridized carbons (Fsp3) is 0.923. The Morgan fingerprint density at radius 3 is 2.67 bits per heavy atom. The third-order valence-electron chi connectivity index (χ3n) is 2.90. The Hall–Kier alpha value is -1.50. The second-order valence-electron chi connectivity index (χ2n) is 5.97. The SMILES string of the molecule is COCCO[C@@H]1C[C@@H](N=[N+]=[N-])CN(C(=O)OC(C)(C)C)C1. The van der Waals surface area contributed by atoms with E-state index < -0.39 is 11.7 Å². The largest absolute Gasteiger partial charge is 0.444 e. The summed E-state index contributed by atoms with van der Waals surface area (Å²) in [6.07, 6.45) is -0.00910. The van der Waals surface area contributed by atoms with Gasteiger partial charge in [-0.05, 0) is 32.7 Å². The van der Waals surface area contributed by atoms with E-state index in [0.29, 0.717) is 32.7 Å². The number of carbonyl (C=O) groups excluding carboxylic acids is 1. The number of azide groups is 1. The van der Waals surface area contributed by atoms with Crippen molar-refractivity contribution in [1.82, 2.24) is 4.90 Å². The van der Waals surface area contributed by atoms with Crippen molar-refractivity contribution in [2.45, 2.75) is 44.9 Å². The predicted octanol–water partition coefficient (Wildman–Crippen LogP) is 2.34. The van der Waals surface area contributed by atoms with Crippen LogP contribution in [-0.4, -0.2) is 62.2 Å². The average Bonchev–Trinajstić information content (AvgIpc) is 2.37. The van der Waals surface area contributed by atoms with Gasteiger partial charge in [0.15, 0.2) is 0 Å². The Morgan fingerprint density at radius 1 is 1.38 bits per heavy atom. The van der Waals surface area contributed by atoms with Crippen LogP contribution >= 0.6 is 0 Å². The second kappa shape index (κ2) is 8.07. The minimum atomic E-state index is -0.561. The molecule has 1 saturated heterocycles. The number of nitrogens with zero attached hydrogens (tertiary/aromatic N) is 4. The summed E-state index contributed by atoms with van der Waals surface area (Å²) >= 11 is 0. The summed E-state index contributed by atoms with van der Waals surface area (Å²) in [4.78, 5) is 16.5. The minimum Gasteiger partial charge on any atom is -0.444 e. The highest BCUT2D eigenvalue weighted by Crippen LogP contribution is 2.19. The molecule has 0 bridgehead atoms. The monoisotopic (exact) mass is 300 g/mol. The molecule has 0 spiro atoms. The van der Waals surface area contributed by atoms with Gasteiger partial charge in [-0.3, -0.25) is 0 Å². The standard InChI is InChI=1S/C13H24N4O4/c1-13(2,3)21-12(18)17-8-10(15-16-14)7-11(9-17)20-6-5-19-4/h10-11H,5-9H2,1-4H3/t10-,11-/m1/s1. The molecule has 1 fully saturated rings. The van der Waals surface area contributed by atoms with Crippen molar-refractivity contribution >= 4 is 6.09 Å². The maximum Gasteiger partial charge on any atom is 0.410 e. The van der Waals surface area contributed by atoms with Gasteiger partial charge >= 0.3 is 6.09 Å². The van der Waals surface area contributed by atoms with Crippen molar-refractivity contribution in [1.29, 1.82) is 0 Å².